The van der Waals surface area contributed by atoms with Gasteiger partial charge in [0.2, 0.25) is 0 Å². The van der Waals surface area contributed by atoms with Crippen molar-refractivity contribution < 1.29 is 19.1 Å². The summed E-state index contributed by atoms with van der Waals surface area (Å²) in [5.74, 6) is -0.456. The van der Waals surface area contributed by atoms with Crippen LogP contribution < -0.4 is 5.32 Å². The fourth-order valence-electron chi connectivity index (χ4n) is 1.60. The lowest BCUT2D eigenvalue weighted by Crippen LogP contribution is -2.43. The third-order valence-corrected chi connectivity index (χ3v) is 2.63. The minimum Gasteiger partial charge on any atom is -0.468 e. The van der Waals surface area contributed by atoms with Crippen LogP contribution in [-0.4, -0.2) is 50.8 Å². The molecule has 6 nitrogen and oxygen atoms in total. The van der Waals surface area contributed by atoms with Crippen LogP contribution in [0.25, 0.3) is 0 Å². The van der Waals surface area contributed by atoms with Gasteiger partial charge in [0, 0.05) is 20.2 Å². The fraction of sp³-hybridized carbons (Fsp3) is 0.429. The summed E-state index contributed by atoms with van der Waals surface area (Å²) in [6.45, 7) is 1.06. The minimum atomic E-state index is -0.456. The molecule has 0 aromatic heterocycles. The average molecular weight is 280 g/mol. The van der Waals surface area contributed by atoms with E-state index in [-0.39, 0.29) is 12.6 Å². The Balaban J connectivity index is 2.64. The molecule has 1 aromatic rings. The molecule has 2 amide bonds. The number of esters is 1. The second kappa shape index (κ2) is 8.92. The maximum atomic E-state index is 12.0. The fourth-order valence-corrected chi connectivity index (χ4v) is 1.60. The molecule has 0 bridgehead atoms. The zero-order valence-electron chi connectivity index (χ0n) is 11.8. The SMILES string of the molecule is COCCNC(=O)N(CC(=O)OC)Cc1ccccc1. The summed E-state index contributed by atoms with van der Waals surface area (Å²) in [5.41, 5.74) is 0.943. The third kappa shape index (κ3) is 5.71. The van der Waals surface area contributed by atoms with Crippen LogP contribution in [0.1, 0.15) is 5.56 Å². The van der Waals surface area contributed by atoms with E-state index in [1.54, 1.807) is 7.11 Å². The predicted molar refractivity (Wildman–Crippen MR) is 74.1 cm³/mol. The van der Waals surface area contributed by atoms with Gasteiger partial charge in [-0.25, -0.2) is 4.79 Å². The van der Waals surface area contributed by atoms with Gasteiger partial charge in [-0.05, 0) is 5.56 Å². The van der Waals surface area contributed by atoms with Crippen LogP contribution in [0.5, 0.6) is 0 Å². The highest BCUT2D eigenvalue weighted by atomic mass is 16.5. The van der Waals surface area contributed by atoms with Gasteiger partial charge < -0.3 is 19.7 Å². The number of hydrogen-bond acceptors (Lipinski definition) is 4. The Morgan fingerprint density at radius 3 is 2.50 bits per heavy atom. The molecule has 0 aliphatic rings. The van der Waals surface area contributed by atoms with Crippen molar-refractivity contribution in [1.29, 1.82) is 0 Å². The van der Waals surface area contributed by atoms with Gasteiger partial charge in [0.05, 0.1) is 13.7 Å². The maximum Gasteiger partial charge on any atom is 0.325 e. The number of carbonyl (C=O) groups excluding carboxylic acids is 2. The third-order valence-electron chi connectivity index (χ3n) is 2.63. The van der Waals surface area contributed by atoms with E-state index in [2.05, 4.69) is 10.1 Å². The number of hydrogen-bond donors (Lipinski definition) is 1. The molecule has 0 aliphatic carbocycles. The summed E-state index contributed by atoms with van der Waals surface area (Å²) in [7, 11) is 2.86. The van der Waals surface area contributed by atoms with E-state index in [9.17, 15) is 9.59 Å². The smallest absolute Gasteiger partial charge is 0.325 e. The van der Waals surface area contributed by atoms with E-state index in [1.165, 1.54) is 12.0 Å². The Labute approximate surface area is 118 Å². The molecule has 1 N–H and O–H groups in total. The highest BCUT2D eigenvalue weighted by Gasteiger charge is 2.17. The Bertz CT molecular complexity index is 422. The molecule has 0 spiro atoms. The van der Waals surface area contributed by atoms with E-state index < -0.39 is 5.97 Å². The largest absolute Gasteiger partial charge is 0.468 e. The van der Waals surface area contributed by atoms with E-state index in [4.69, 9.17) is 4.74 Å². The summed E-state index contributed by atoms with van der Waals surface area (Å²) in [6.07, 6.45) is 0. The van der Waals surface area contributed by atoms with Crippen molar-refractivity contribution in [3.05, 3.63) is 35.9 Å². The number of methoxy groups -OCH3 is 2. The van der Waals surface area contributed by atoms with Crippen LogP contribution in [0.2, 0.25) is 0 Å². The van der Waals surface area contributed by atoms with Crippen molar-refractivity contribution in [2.24, 2.45) is 0 Å². The number of ether oxygens (including phenoxy) is 2. The molecular formula is C14H20N2O4. The maximum absolute atomic E-state index is 12.0. The molecule has 110 valence electrons. The Morgan fingerprint density at radius 2 is 1.90 bits per heavy atom. The van der Waals surface area contributed by atoms with Crippen LogP contribution in [0, 0.1) is 0 Å². The van der Waals surface area contributed by atoms with Crippen LogP contribution >= 0.6 is 0 Å². The zero-order valence-corrected chi connectivity index (χ0v) is 11.8. The molecule has 0 atom stereocenters. The van der Waals surface area contributed by atoms with E-state index in [0.717, 1.165) is 5.56 Å². The summed E-state index contributed by atoms with van der Waals surface area (Å²) in [5, 5.41) is 2.69. The Morgan fingerprint density at radius 1 is 1.20 bits per heavy atom. The van der Waals surface area contributed by atoms with Crippen molar-refractivity contribution in [2.45, 2.75) is 6.54 Å². The van der Waals surface area contributed by atoms with Gasteiger partial charge in [0.1, 0.15) is 6.54 Å². The molecular weight excluding hydrogens is 260 g/mol. The molecule has 1 aromatic carbocycles. The number of rotatable bonds is 7. The number of nitrogens with one attached hydrogen (secondary N) is 1. The molecule has 0 aliphatic heterocycles. The lowest BCUT2D eigenvalue weighted by molar-refractivity contribution is -0.141. The molecule has 0 heterocycles. The minimum absolute atomic E-state index is 0.0930. The summed E-state index contributed by atoms with van der Waals surface area (Å²) < 4.78 is 9.48. The Hall–Kier alpha value is -2.08. The van der Waals surface area contributed by atoms with Gasteiger partial charge in [-0.3, -0.25) is 4.79 Å². The highest BCUT2D eigenvalue weighted by molar-refractivity contribution is 5.80. The first kappa shape index (κ1) is 16.0. The monoisotopic (exact) mass is 280 g/mol. The second-order valence-corrected chi connectivity index (χ2v) is 4.14. The summed E-state index contributed by atoms with van der Waals surface area (Å²) >= 11 is 0. The van der Waals surface area contributed by atoms with Gasteiger partial charge in [-0.1, -0.05) is 30.3 Å². The number of nitrogens with zero attached hydrogens (tertiary/aromatic N) is 1. The standard InChI is InChI=1S/C14H20N2O4/c1-19-9-8-15-14(18)16(11-13(17)20-2)10-12-6-4-3-5-7-12/h3-7H,8-11H2,1-2H3,(H,15,18). The van der Waals surface area contributed by atoms with Crippen molar-refractivity contribution in [3.8, 4) is 0 Å². The second-order valence-electron chi connectivity index (χ2n) is 4.14. The summed E-state index contributed by atoms with van der Waals surface area (Å²) in [6, 6.07) is 9.13. The lowest BCUT2D eigenvalue weighted by atomic mass is 10.2. The molecule has 0 saturated carbocycles. The van der Waals surface area contributed by atoms with Crippen LogP contribution in [-0.2, 0) is 20.8 Å². The summed E-state index contributed by atoms with van der Waals surface area (Å²) in [4.78, 5) is 24.8. The van der Waals surface area contributed by atoms with Gasteiger partial charge in [-0.15, -0.1) is 0 Å². The molecule has 0 unspecified atom stereocenters. The van der Waals surface area contributed by atoms with E-state index in [0.29, 0.717) is 19.7 Å². The first-order valence-electron chi connectivity index (χ1n) is 6.29. The number of benzene rings is 1. The van der Waals surface area contributed by atoms with Crippen molar-refractivity contribution in [1.82, 2.24) is 10.2 Å². The molecule has 0 fully saturated rings. The molecule has 6 heteroatoms. The van der Waals surface area contributed by atoms with Crippen LogP contribution in [0.15, 0.2) is 30.3 Å². The van der Waals surface area contributed by atoms with Crippen LogP contribution in [0.3, 0.4) is 0 Å². The van der Waals surface area contributed by atoms with Crippen molar-refractivity contribution in [2.75, 3.05) is 33.9 Å². The van der Waals surface area contributed by atoms with E-state index >= 15 is 0 Å². The topological polar surface area (TPSA) is 67.9 Å². The lowest BCUT2D eigenvalue weighted by Gasteiger charge is -2.22. The van der Waals surface area contributed by atoms with E-state index in [1.807, 2.05) is 30.3 Å². The Kier molecular flexibility index (Phi) is 7.13. The first-order chi connectivity index (χ1) is 9.67. The van der Waals surface area contributed by atoms with Crippen LogP contribution in [0.4, 0.5) is 4.79 Å². The van der Waals surface area contributed by atoms with Crippen molar-refractivity contribution >= 4 is 12.0 Å². The van der Waals surface area contributed by atoms with Gasteiger partial charge in [-0.2, -0.15) is 0 Å². The highest BCUT2D eigenvalue weighted by Crippen LogP contribution is 2.05. The number of urea groups is 1. The molecule has 20 heavy (non-hydrogen) atoms. The normalized spacial score (nSPS) is 9.90. The molecule has 0 saturated heterocycles. The first-order valence-corrected chi connectivity index (χ1v) is 6.29. The average Bonchev–Trinajstić information content (AvgIpc) is 2.47. The quantitative estimate of drug-likeness (QED) is 0.598. The number of amides is 2. The van der Waals surface area contributed by atoms with Crippen molar-refractivity contribution in [3.63, 3.8) is 0 Å². The van der Waals surface area contributed by atoms with Gasteiger partial charge >= 0.3 is 12.0 Å². The number of carbonyl (C=O) groups is 2. The van der Waals surface area contributed by atoms with Gasteiger partial charge in [0.15, 0.2) is 0 Å². The molecule has 0 radical (unpaired) electrons. The predicted octanol–water partition coefficient (Wildman–Crippen LogP) is 1.02. The molecule has 1 rings (SSSR count). The zero-order chi connectivity index (χ0) is 14.8. The van der Waals surface area contributed by atoms with Gasteiger partial charge in [0.25, 0.3) is 0 Å².